The van der Waals surface area contributed by atoms with Crippen molar-refractivity contribution in [2.24, 2.45) is 34.0 Å². The van der Waals surface area contributed by atoms with Crippen molar-refractivity contribution < 1.29 is 19.7 Å². The van der Waals surface area contributed by atoms with Gasteiger partial charge in [-0.2, -0.15) is 0 Å². The molecule has 0 aromatic rings. The van der Waals surface area contributed by atoms with Crippen LogP contribution in [0.25, 0.3) is 0 Å². The second-order valence-corrected chi connectivity index (χ2v) is 9.69. The van der Waals surface area contributed by atoms with Crippen LogP contribution in [0.5, 0.6) is 0 Å². The van der Waals surface area contributed by atoms with Crippen LogP contribution in [0.3, 0.4) is 0 Å². The Bertz CT molecular complexity index is 615. The molecular formula is C21H32O4. The number of hydrogen-bond acceptors (Lipinski definition) is 4. The van der Waals surface area contributed by atoms with Crippen molar-refractivity contribution in [2.75, 3.05) is 7.11 Å². The van der Waals surface area contributed by atoms with E-state index >= 15 is 0 Å². The van der Waals surface area contributed by atoms with Gasteiger partial charge < -0.3 is 14.9 Å². The van der Waals surface area contributed by atoms with Gasteiger partial charge in [-0.05, 0) is 74.2 Å². The molecule has 140 valence electrons. The van der Waals surface area contributed by atoms with Crippen LogP contribution < -0.4 is 0 Å². The number of carbonyl (C=O) groups is 1. The summed E-state index contributed by atoms with van der Waals surface area (Å²) in [4.78, 5) is 12.7. The predicted octanol–water partition coefficient (Wildman–Crippen LogP) is 3.07. The molecule has 4 fully saturated rings. The molecule has 25 heavy (non-hydrogen) atoms. The minimum atomic E-state index is -0.607. The monoisotopic (exact) mass is 348 g/mol. The van der Waals surface area contributed by atoms with Crippen molar-refractivity contribution in [3.05, 3.63) is 12.2 Å². The highest BCUT2D eigenvalue weighted by Crippen LogP contribution is 2.72. The Kier molecular flexibility index (Phi) is 3.73. The van der Waals surface area contributed by atoms with Crippen LogP contribution in [0.4, 0.5) is 0 Å². The van der Waals surface area contributed by atoms with E-state index in [9.17, 15) is 15.0 Å². The lowest BCUT2D eigenvalue weighted by molar-refractivity contribution is -0.226. The molecule has 0 amide bonds. The molecule has 0 aromatic heterocycles. The molecule has 4 rings (SSSR count). The van der Waals surface area contributed by atoms with E-state index in [4.69, 9.17) is 4.74 Å². The number of aliphatic hydroxyl groups is 2. The first-order valence-electron chi connectivity index (χ1n) is 9.85. The molecule has 1 spiro atoms. The van der Waals surface area contributed by atoms with Gasteiger partial charge in [-0.15, -0.1) is 0 Å². The Balaban J connectivity index is 1.81. The van der Waals surface area contributed by atoms with Crippen molar-refractivity contribution in [2.45, 2.75) is 71.0 Å². The molecule has 0 heterocycles. The summed E-state index contributed by atoms with van der Waals surface area (Å²) in [6, 6.07) is 0. The zero-order chi connectivity index (χ0) is 18.2. The average molecular weight is 348 g/mol. The van der Waals surface area contributed by atoms with E-state index in [0.29, 0.717) is 12.3 Å². The highest BCUT2D eigenvalue weighted by Gasteiger charge is 2.70. The standard InChI is InChI=1S/C21H32O4/c1-12-13-6-7-14-19(2)8-5-9-20(3,18(24)25-4)15(19)10-16(22)21(14,11-13)17(12)23/h13-17,22-23H,1,5-11H2,2-4H3/t13-,14+,15+,16-,17-,19+,20-,21-/m1/s1. The largest absolute Gasteiger partial charge is 0.469 e. The molecule has 0 unspecified atom stereocenters. The van der Waals surface area contributed by atoms with E-state index in [-0.39, 0.29) is 23.2 Å². The van der Waals surface area contributed by atoms with Crippen LogP contribution in [-0.4, -0.2) is 35.5 Å². The predicted molar refractivity (Wildman–Crippen MR) is 94.6 cm³/mol. The topological polar surface area (TPSA) is 66.8 Å². The molecule has 0 saturated heterocycles. The van der Waals surface area contributed by atoms with E-state index in [0.717, 1.165) is 44.1 Å². The van der Waals surface area contributed by atoms with Crippen LogP contribution in [0.2, 0.25) is 0 Å². The minimum Gasteiger partial charge on any atom is -0.469 e. The summed E-state index contributed by atoms with van der Waals surface area (Å²) in [5, 5.41) is 22.3. The lowest BCUT2D eigenvalue weighted by atomic mass is 9.40. The van der Waals surface area contributed by atoms with Crippen molar-refractivity contribution in [1.29, 1.82) is 0 Å². The molecular weight excluding hydrogens is 316 g/mol. The third-order valence-corrected chi connectivity index (χ3v) is 8.94. The van der Waals surface area contributed by atoms with Crippen molar-refractivity contribution >= 4 is 5.97 Å². The van der Waals surface area contributed by atoms with E-state index in [1.807, 2.05) is 6.92 Å². The number of esters is 1. The summed E-state index contributed by atoms with van der Waals surface area (Å²) < 4.78 is 5.17. The summed E-state index contributed by atoms with van der Waals surface area (Å²) in [6.07, 6.45) is 5.21. The summed E-state index contributed by atoms with van der Waals surface area (Å²) in [5.41, 5.74) is -0.117. The van der Waals surface area contributed by atoms with Crippen molar-refractivity contribution in [3.63, 3.8) is 0 Å². The fraction of sp³-hybridized carbons (Fsp3) is 0.857. The van der Waals surface area contributed by atoms with Gasteiger partial charge in [-0.3, -0.25) is 4.79 Å². The summed E-state index contributed by atoms with van der Waals surface area (Å²) in [7, 11) is 1.47. The summed E-state index contributed by atoms with van der Waals surface area (Å²) in [5.74, 6) is 0.543. The highest BCUT2D eigenvalue weighted by atomic mass is 16.5. The van der Waals surface area contributed by atoms with Crippen LogP contribution in [0, 0.1) is 34.0 Å². The van der Waals surface area contributed by atoms with Crippen LogP contribution in [0.1, 0.15) is 58.8 Å². The average Bonchev–Trinajstić information content (AvgIpc) is 2.78. The SMILES string of the molecule is C=C1[C@@H]2CC[C@H]3[C@]4(C)CCC[C@@](C)(C(=O)OC)[C@H]4C[C@@H](O)[C@]3(C2)[C@@H]1O. The Morgan fingerprint density at radius 2 is 1.92 bits per heavy atom. The lowest BCUT2D eigenvalue weighted by Crippen LogP contribution is -2.65. The van der Waals surface area contributed by atoms with Gasteiger partial charge in [-0.1, -0.05) is 19.9 Å². The molecule has 4 aliphatic carbocycles. The van der Waals surface area contributed by atoms with Crippen LogP contribution >= 0.6 is 0 Å². The number of fused-ring (bicyclic) bond motifs is 3. The van der Waals surface area contributed by atoms with Crippen LogP contribution in [-0.2, 0) is 9.53 Å². The first-order chi connectivity index (χ1) is 11.7. The van der Waals surface area contributed by atoms with E-state index in [1.54, 1.807) is 0 Å². The van der Waals surface area contributed by atoms with E-state index in [1.165, 1.54) is 7.11 Å². The Labute approximate surface area is 150 Å². The lowest BCUT2D eigenvalue weighted by Gasteiger charge is -2.65. The fourth-order valence-corrected chi connectivity index (χ4v) is 7.77. The molecule has 4 nitrogen and oxygen atoms in total. The second kappa shape index (κ2) is 5.32. The number of hydrogen-bond donors (Lipinski definition) is 2. The first-order valence-corrected chi connectivity index (χ1v) is 9.85. The highest BCUT2D eigenvalue weighted by molar-refractivity contribution is 5.77. The maximum atomic E-state index is 12.7. The first kappa shape index (κ1) is 17.5. The normalized spacial score (nSPS) is 54.6. The van der Waals surface area contributed by atoms with Gasteiger partial charge >= 0.3 is 5.97 Å². The molecule has 4 aliphatic rings. The zero-order valence-electron chi connectivity index (χ0n) is 15.8. The third-order valence-electron chi connectivity index (χ3n) is 8.94. The maximum Gasteiger partial charge on any atom is 0.311 e. The minimum absolute atomic E-state index is 0.0447. The molecule has 4 saturated carbocycles. The number of ether oxygens (including phenoxy) is 1. The molecule has 0 aliphatic heterocycles. The van der Waals surface area contributed by atoms with Gasteiger partial charge in [0.2, 0.25) is 0 Å². The second-order valence-electron chi connectivity index (χ2n) is 9.69. The van der Waals surface area contributed by atoms with E-state index in [2.05, 4.69) is 13.5 Å². The van der Waals surface area contributed by atoms with Gasteiger partial charge in [-0.25, -0.2) is 0 Å². The molecule has 8 atom stereocenters. The van der Waals surface area contributed by atoms with Gasteiger partial charge in [0.15, 0.2) is 0 Å². The quantitative estimate of drug-likeness (QED) is 0.564. The van der Waals surface area contributed by atoms with Gasteiger partial charge in [0.1, 0.15) is 0 Å². The smallest absolute Gasteiger partial charge is 0.311 e. The summed E-state index contributed by atoms with van der Waals surface area (Å²) in [6.45, 7) is 8.50. The zero-order valence-corrected chi connectivity index (χ0v) is 15.8. The Hall–Kier alpha value is -0.870. The molecule has 4 heteroatoms. The number of rotatable bonds is 1. The van der Waals surface area contributed by atoms with Gasteiger partial charge in [0, 0.05) is 5.41 Å². The van der Waals surface area contributed by atoms with Crippen molar-refractivity contribution in [1.82, 2.24) is 0 Å². The molecule has 2 bridgehead atoms. The number of carbonyl (C=O) groups excluding carboxylic acids is 1. The van der Waals surface area contributed by atoms with E-state index < -0.39 is 23.0 Å². The Morgan fingerprint density at radius 3 is 2.60 bits per heavy atom. The van der Waals surface area contributed by atoms with Crippen LogP contribution in [0.15, 0.2) is 12.2 Å². The maximum absolute atomic E-state index is 12.7. The fourth-order valence-electron chi connectivity index (χ4n) is 7.77. The molecule has 0 aromatic carbocycles. The Morgan fingerprint density at radius 1 is 1.20 bits per heavy atom. The number of methoxy groups -OCH3 is 1. The van der Waals surface area contributed by atoms with Gasteiger partial charge in [0.05, 0.1) is 24.7 Å². The molecule has 0 radical (unpaired) electrons. The van der Waals surface area contributed by atoms with Gasteiger partial charge in [0.25, 0.3) is 0 Å². The third kappa shape index (κ3) is 1.93. The number of aliphatic hydroxyl groups excluding tert-OH is 2. The molecule has 2 N–H and O–H groups in total. The summed E-state index contributed by atoms with van der Waals surface area (Å²) >= 11 is 0. The van der Waals surface area contributed by atoms with Crippen molar-refractivity contribution in [3.8, 4) is 0 Å².